The predicted molar refractivity (Wildman–Crippen MR) is 108 cm³/mol. The predicted octanol–water partition coefficient (Wildman–Crippen LogP) is 3.06. The number of carbonyl (C=O) groups is 2. The molecule has 0 saturated carbocycles. The Bertz CT molecular complexity index is 930. The van der Waals surface area contributed by atoms with Gasteiger partial charge in [-0.2, -0.15) is 4.31 Å². The van der Waals surface area contributed by atoms with Gasteiger partial charge in [0.1, 0.15) is 0 Å². The number of anilines is 2. The molecule has 144 valence electrons. The molecule has 0 aliphatic carbocycles. The quantitative estimate of drug-likeness (QED) is 0.673. The maximum Gasteiger partial charge on any atom is 0.243 e. The van der Waals surface area contributed by atoms with Crippen LogP contribution in [-0.4, -0.2) is 37.6 Å². The first-order chi connectivity index (χ1) is 12.7. The highest BCUT2D eigenvalue weighted by molar-refractivity contribution is 9.10. The normalized spacial score (nSPS) is 11.3. The van der Waals surface area contributed by atoms with Gasteiger partial charge in [0, 0.05) is 29.3 Å². The van der Waals surface area contributed by atoms with Gasteiger partial charge in [0.25, 0.3) is 0 Å². The summed E-state index contributed by atoms with van der Waals surface area (Å²) in [5.41, 5.74) is 1.11. The summed E-state index contributed by atoms with van der Waals surface area (Å²) in [6.07, 6.45) is 0. The summed E-state index contributed by atoms with van der Waals surface area (Å²) < 4.78 is 27.2. The summed E-state index contributed by atoms with van der Waals surface area (Å²) in [6, 6.07) is 12.9. The van der Waals surface area contributed by atoms with Crippen LogP contribution in [0.3, 0.4) is 0 Å². The standard InChI is InChI=1S/C18H20BrN3O4S/c1-3-22(27(25,26)17-6-4-5-14(19)11-17)12-18(24)21-16-9-7-15(8-10-16)20-13(2)23/h4-11H,3,12H2,1-2H3,(H,20,23)(H,21,24). The molecule has 9 heteroatoms. The van der Waals surface area contributed by atoms with Crippen molar-refractivity contribution in [2.45, 2.75) is 18.7 Å². The fourth-order valence-electron chi connectivity index (χ4n) is 2.34. The van der Waals surface area contributed by atoms with Crippen LogP contribution in [0.15, 0.2) is 57.9 Å². The van der Waals surface area contributed by atoms with E-state index in [4.69, 9.17) is 0 Å². The molecule has 2 amide bonds. The van der Waals surface area contributed by atoms with E-state index in [0.717, 1.165) is 4.31 Å². The number of nitrogens with zero attached hydrogens (tertiary/aromatic N) is 1. The topological polar surface area (TPSA) is 95.6 Å². The van der Waals surface area contributed by atoms with Crippen LogP contribution >= 0.6 is 15.9 Å². The molecule has 0 aliphatic heterocycles. The van der Waals surface area contributed by atoms with Crippen LogP contribution in [0.5, 0.6) is 0 Å². The van der Waals surface area contributed by atoms with Crippen molar-refractivity contribution in [1.29, 1.82) is 0 Å². The average Bonchev–Trinajstić information content (AvgIpc) is 2.60. The second-order valence-electron chi connectivity index (χ2n) is 5.70. The van der Waals surface area contributed by atoms with E-state index in [1.807, 2.05) is 0 Å². The summed E-state index contributed by atoms with van der Waals surface area (Å²) in [5.74, 6) is -0.647. The van der Waals surface area contributed by atoms with Gasteiger partial charge in [-0.05, 0) is 42.5 Å². The Labute approximate surface area is 166 Å². The number of carbonyl (C=O) groups excluding carboxylic acids is 2. The minimum Gasteiger partial charge on any atom is -0.326 e. The maximum absolute atomic E-state index is 12.7. The van der Waals surface area contributed by atoms with E-state index < -0.39 is 15.9 Å². The van der Waals surface area contributed by atoms with Crippen LogP contribution in [0, 0.1) is 0 Å². The lowest BCUT2D eigenvalue weighted by Gasteiger charge is -2.20. The third-order valence-corrected chi connectivity index (χ3v) is 6.01. The van der Waals surface area contributed by atoms with Crippen LogP contribution in [0.25, 0.3) is 0 Å². The minimum atomic E-state index is -3.79. The van der Waals surface area contributed by atoms with Crippen molar-refractivity contribution < 1.29 is 18.0 Å². The number of likely N-dealkylation sites (N-methyl/N-ethyl adjacent to an activating group) is 1. The first-order valence-electron chi connectivity index (χ1n) is 8.15. The molecular weight excluding hydrogens is 434 g/mol. The fourth-order valence-corrected chi connectivity index (χ4v) is 4.35. The van der Waals surface area contributed by atoms with Crippen molar-refractivity contribution in [3.63, 3.8) is 0 Å². The number of rotatable bonds is 7. The van der Waals surface area contributed by atoms with Crippen LogP contribution in [0.2, 0.25) is 0 Å². The van der Waals surface area contributed by atoms with Crippen LogP contribution in [0.4, 0.5) is 11.4 Å². The zero-order valence-electron chi connectivity index (χ0n) is 14.9. The van der Waals surface area contributed by atoms with Crippen LogP contribution in [-0.2, 0) is 19.6 Å². The van der Waals surface area contributed by atoms with Crippen molar-refractivity contribution in [3.05, 3.63) is 53.0 Å². The van der Waals surface area contributed by atoms with Gasteiger partial charge in [0.15, 0.2) is 0 Å². The summed E-state index contributed by atoms with van der Waals surface area (Å²) in [4.78, 5) is 23.4. The zero-order chi connectivity index (χ0) is 20.0. The number of nitrogens with one attached hydrogen (secondary N) is 2. The lowest BCUT2D eigenvalue weighted by atomic mass is 10.2. The Kier molecular flexibility index (Phi) is 7.11. The number of benzene rings is 2. The molecule has 2 aromatic rings. The molecule has 27 heavy (non-hydrogen) atoms. The largest absolute Gasteiger partial charge is 0.326 e. The van der Waals surface area contributed by atoms with E-state index in [0.29, 0.717) is 15.8 Å². The number of halogens is 1. The van der Waals surface area contributed by atoms with Crippen molar-refractivity contribution >= 4 is 49.1 Å². The summed E-state index contributed by atoms with van der Waals surface area (Å²) in [5, 5.41) is 5.28. The molecular formula is C18H20BrN3O4S. The van der Waals surface area contributed by atoms with Gasteiger partial charge in [0.05, 0.1) is 11.4 Å². The molecule has 0 heterocycles. The Balaban J connectivity index is 2.07. The van der Waals surface area contributed by atoms with Gasteiger partial charge >= 0.3 is 0 Å². The van der Waals surface area contributed by atoms with Crippen LogP contribution < -0.4 is 10.6 Å². The first-order valence-corrected chi connectivity index (χ1v) is 10.4. The Morgan fingerprint density at radius 3 is 2.15 bits per heavy atom. The number of sulfonamides is 1. The highest BCUT2D eigenvalue weighted by atomic mass is 79.9. The Hall–Kier alpha value is -2.23. The maximum atomic E-state index is 12.7. The molecule has 0 saturated heterocycles. The smallest absolute Gasteiger partial charge is 0.243 e. The molecule has 0 aromatic heterocycles. The van der Waals surface area contributed by atoms with E-state index in [1.54, 1.807) is 43.3 Å². The molecule has 2 aromatic carbocycles. The molecule has 0 atom stereocenters. The highest BCUT2D eigenvalue weighted by Gasteiger charge is 2.25. The lowest BCUT2D eigenvalue weighted by Crippen LogP contribution is -2.37. The summed E-state index contributed by atoms with van der Waals surface area (Å²) in [7, 11) is -3.79. The second kappa shape index (κ2) is 9.12. The monoisotopic (exact) mass is 453 g/mol. The molecule has 0 unspecified atom stereocenters. The molecule has 2 rings (SSSR count). The number of amides is 2. The SMILES string of the molecule is CCN(CC(=O)Nc1ccc(NC(C)=O)cc1)S(=O)(=O)c1cccc(Br)c1. The Morgan fingerprint density at radius 1 is 1.04 bits per heavy atom. The molecule has 0 radical (unpaired) electrons. The number of hydrogen-bond acceptors (Lipinski definition) is 4. The van der Waals surface area contributed by atoms with E-state index in [1.165, 1.54) is 19.1 Å². The average molecular weight is 454 g/mol. The van der Waals surface area contributed by atoms with E-state index >= 15 is 0 Å². The molecule has 7 nitrogen and oxygen atoms in total. The first kappa shape index (κ1) is 21.1. The van der Waals surface area contributed by atoms with Gasteiger partial charge in [0.2, 0.25) is 21.8 Å². The van der Waals surface area contributed by atoms with Crippen molar-refractivity contribution in [3.8, 4) is 0 Å². The zero-order valence-corrected chi connectivity index (χ0v) is 17.3. The molecule has 2 N–H and O–H groups in total. The third-order valence-electron chi connectivity index (χ3n) is 3.60. The van der Waals surface area contributed by atoms with E-state index in [-0.39, 0.29) is 23.9 Å². The van der Waals surface area contributed by atoms with Crippen molar-refractivity contribution in [2.24, 2.45) is 0 Å². The van der Waals surface area contributed by atoms with Crippen molar-refractivity contribution in [2.75, 3.05) is 23.7 Å². The van der Waals surface area contributed by atoms with Crippen LogP contribution in [0.1, 0.15) is 13.8 Å². The highest BCUT2D eigenvalue weighted by Crippen LogP contribution is 2.20. The van der Waals surface area contributed by atoms with Gasteiger partial charge in [-0.25, -0.2) is 8.42 Å². The minimum absolute atomic E-state index is 0.117. The van der Waals surface area contributed by atoms with Gasteiger partial charge in [-0.15, -0.1) is 0 Å². The molecule has 0 spiro atoms. The lowest BCUT2D eigenvalue weighted by molar-refractivity contribution is -0.116. The summed E-state index contributed by atoms with van der Waals surface area (Å²) >= 11 is 3.25. The van der Waals surface area contributed by atoms with Gasteiger partial charge in [-0.1, -0.05) is 28.9 Å². The fraction of sp³-hybridized carbons (Fsp3) is 0.222. The molecule has 0 bridgehead atoms. The van der Waals surface area contributed by atoms with Gasteiger partial charge in [-0.3, -0.25) is 9.59 Å². The third kappa shape index (κ3) is 5.88. The van der Waals surface area contributed by atoms with E-state index in [2.05, 4.69) is 26.6 Å². The Morgan fingerprint density at radius 2 is 1.63 bits per heavy atom. The second-order valence-corrected chi connectivity index (χ2v) is 8.55. The van der Waals surface area contributed by atoms with Gasteiger partial charge < -0.3 is 10.6 Å². The molecule has 0 fully saturated rings. The van der Waals surface area contributed by atoms with E-state index in [9.17, 15) is 18.0 Å². The van der Waals surface area contributed by atoms with Crippen molar-refractivity contribution in [1.82, 2.24) is 4.31 Å². The molecule has 0 aliphatic rings. The number of hydrogen-bond donors (Lipinski definition) is 2. The summed E-state index contributed by atoms with van der Waals surface area (Å²) in [6.45, 7) is 2.92.